The highest BCUT2D eigenvalue weighted by molar-refractivity contribution is 6.00. The van der Waals surface area contributed by atoms with Crippen LogP contribution in [0.3, 0.4) is 0 Å². The van der Waals surface area contributed by atoms with Gasteiger partial charge in [0.05, 0.1) is 0 Å². The van der Waals surface area contributed by atoms with E-state index in [1.807, 2.05) is 37.0 Å². The first-order valence-corrected chi connectivity index (χ1v) is 11.0. The lowest BCUT2D eigenvalue weighted by Gasteiger charge is -2.63. The molecule has 3 saturated carbocycles. The Morgan fingerprint density at radius 1 is 1.20 bits per heavy atom. The average Bonchev–Trinajstić information content (AvgIpc) is 3.22. The summed E-state index contributed by atoms with van der Waals surface area (Å²) in [5, 5.41) is 4.90. The second-order valence-electron chi connectivity index (χ2n) is 10.8. The van der Waals surface area contributed by atoms with Crippen LogP contribution in [0.5, 0.6) is 0 Å². The van der Waals surface area contributed by atoms with E-state index in [9.17, 15) is 4.79 Å². The number of aryl methyl sites for hydroxylation is 2. The highest BCUT2D eigenvalue weighted by Crippen LogP contribution is 2.59. The Morgan fingerprint density at radius 2 is 1.97 bits per heavy atom. The van der Waals surface area contributed by atoms with Crippen LogP contribution in [0.4, 0.5) is 0 Å². The summed E-state index contributed by atoms with van der Waals surface area (Å²) in [6.07, 6.45) is 11.9. The molecule has 5 heteroatoms. The fourth-order valence-corrected chi connectivity index (χ4v) is 6.15. The standard InChI is InChI=1S/C25H32N4O/c1-17-11-18-7-10-29(21(18)26-13-17)22(30)20-12-19(14-28(20)5)24-8-6-9-25(15-24,16-24)27-23(2,3)4/h7,10-14,27H,6,8-9,15-16H2,1-5H3. The van der Waals surface area contributed by atoms with Gasteiger partial charge >= 0.3 is 0 Å². The molecule has 3 aromatic rings. The molecular formula is C25H32N4O. The largest absolute Gasteiger partial charge is 0.346 e. The van der Waals surface area contributed by atoms with Crippen molar-refractivity contribution in [1.29, 1.82) is 0 Å². The Labute approximate surface area is 178 Å². The molecule has 3 fully saturated rings. The zero-order valence-corrected chi connectivity index (χ0v) is 18.7. The molecule has 0 atom stereocenters. The van der Waals surface area contributed by atoms with E-state index in [4.69, 9.17) is 0 Å². The van der Waals surface area contributed by atoms with E-state index in [2.05, 4.69) is 49.4 Å². The highest BCUT2D eigenvalue weighted by Gasteiger charge is 2.58. The topological polar surface area (TPSA) is 51.9 Å². The normalized spacial score (nSPS) is 26.0. The first-order chi connectivity index (χ1) is 14.1. The zero-order valence-electron chi connectivity index (χ0n) is 18.7. The Hall–Kier alpha value is -2.40. The summed E-state index contributed by atoms with van der Waals surface area (Å²) in [6, 6.07) is 6.17. The van der Waals surface area contributed by atoms with E-state index in [1.54, 1.807) is 4.57 Å². The third-order valence-corrected chi connectivity index (χ3v) is 7.02. The molecule has 5 nitrogen and oxygen atoms in total. The third-order valence-electron chi connectivity index (χ3n) is 7.02. The minimum Gasteiger partial charge on any atom is -0.346 e. The molecule has 2 bridgehead atoms. The number of aromatic nitrogens is 3. The maximum Gasteiger partial charge on any atom is 0.280 e. The van der Waals surface area contributed by atoms with Crippen molar-refractivity contribution >= 4 is 16.9 Å². The van der Waals surface area contributed by atoms with Crippen LogP contribution in [-0.2, 0) is 12.5 Å². The molecule has 3 aliphatic rings. The number of hydrogen-bond donors (Lipinski definition) is 1. The van der Waals surface area contributed by atoms with E-state index in [0.29, 0.717) is 0 Å². The molecule has 3 heterocycles. The second-order valence-corrected chi connectivity index (χ2v) is 10.8. The van der Waals surface area contributed by atoms with Crippen molar-refractivity contribution in [2.75, 3.05) is 0 Å². The van der Waals surface area contributed by atoms with Crippen LogP contribution in [-0.4, -0.2) is 31.1 Å². The SMILES string of the molecule is Cc1cnc2c(ccn2C(=O)c2cc(C34CCCC(NC(C)(C)C)(C3)C4)cn2C)c1. The number of carbonyl (C=O) groups excluding carboxylic acids is 1. The molecule has 3 aromatic heterocycles. The maximum absolute atomic E-state index is 13.4. The predicted molar refractivity (Wildman–Crippen MR) is 120 cm³/mol. The molecule has 1 N–H and O–H groups in total. The van der Waals surface area contributed by atoms with Crippen molar-refractivity contribution in [3.05, 3.63) is 53.6 Å². The predicted octanol–water partition coefficient (Wildman–Crippen LogP) is 4.71. The fourth-order valence-electron chi connectivity index (χ4n) is 6.15. The molecule has 3 aliphatic carbocycles. The van der Waals surface area contributed by atoms with Crippen molar-refractivity contribution in [3.8, 4) is 0 Å². The molecule has 0 saturated heterocycles. The van der Waals surface area contributed by atoms with Crippen LogP contribution in [0.2, 0.25) is 0 Å². The van der Waals surface area contributed by atoms with Crippen molar-refractivity contribution < 1.29 is 4.79 Å². The molecule has 0 spiro atoms. The van der Waals surface area contributed by atoms with Crippen LogP contribution in [0.15, 0.2) is 36.8 Å². The molecule has 6 rings (SSSR count). The maximum atomic E-state index is 13.4. The van der Waals surface area contributed by atoms with E-state index < -0.39 is 0 Å². The van der Waals surface area contributed by atoms with E-state index in [-0.39, 0.29) is 22.4 Å². The van der Waals surface area contributed by atoms with E-state index in [1.165, 1.54) is 37.7 Å². The highest BCUT2D eigenvalue weighted by atomic mass is 16.2. The Bertz CT molecular complexity index is 1140. The van der Waals surface area contributed by atoms with Gasteiger partial charge in [0.25, 0.3) is 5.91 Å². The minimum atomic E-state index is -0.0132. The summed E-state index contributed by atoms with van der Waals surface area (Å²) in [5.74, 6) is -0.0132. The lowest BCUT2D eigenvalue weighted by molar-refractivity contribution is -0.00882. The van der Waals surface area contributed by atoms with Gasteiger partial charge in [-0.05, 0) is 82.7 Å². The Kier molecular flexibility index (Phi) is 4.11. The van der Waals surface area contributed by atoms with Gasteiger partial charge in [0.2, 0.25) is 0 Å². The summed E-state index contributed by atoms with van der Waals surface area (Å²) in [6.45, 7) is 8.79. The monoisotopic (exact) mass is 404 g/mol. The van der Waals surface area contributed by atoms with Gasteiger partial charge in [-0.3, -0.25) is 9.36 Å². The number of nitrogens with zero attached hydrogens (tertiary/aromatic N) is 3. The lowest BCUT2D eigenvalue weighted by atomic mass is 9.47. The summed E-state index contributed by atoms with van der Waals surface area (Å²) in [4.78, 5) is 17.9. The molecule has 0 radical (unpaired) electrons. The van der Waals surface area contributed by atoms with Crippen LogP contribution in [0.25, 0.3) is 11.0 Å². The zero-order chi connectivity index (χ0) is 21.3. The molecule has 158 valence electrons. The van der Waals surface area contributed by atoms with Gasteiger partial charge in [-0.2, -0.15) is 0 Å². The summed E-state index contributed by atoms with van der Waals surface area (Å²) in [5.41, 5.74) is 4.47. The second kappa shape index (κ2) is 6.30. The number of carbonyl (C=O) groups is 1. The molecule has 0 aromatic carbocycles. The molecule has 30 heavy (non-hydrogen) atoms. The molecular weight excluding hydrogens is 372 g/mol. The number of pyridine rings is 1. The number of nitrogens with one attached hydrogen (secondary N) is 1. The van der Waals surface area contributed by atoms with Gasteiger partial charge in [-0.1, -0.05) is 6.42 Å². The van der Waals surface area contributed by atoms with E-state index >= 15 is 0 Å². The summed E-state index contributed by atoms with van der Waals surface area (Å²) >= 11 is 0. The number of hydrogen-bond acceptors (Lipinski definition) is 3. The van der Waals surface area contributed by atoms with E-state index in [0.717, 1.165) is 22.3 Å². The summed E-state index contributed by atoms with van der Waals surface area (Å²) in [7, 11) is 1.98. The fraction of sp³-hybridized carbons (Fsp3) is 0.520. The van der Waals surface area contributed by atoms with Gasteiger partial charge in [0.15, 0.2) is 0 Å². The van der Waals surface area contributed by atoms with Gasteiger partial charge in [0.1, 0.15) is 11.3 Å². The number of rotatable bonds is 3. The first-order valence-electron chi connectivity index (χ1n) is 11.0. The van der Waals surface area contributed by atoms with Gasteiger partial charge in [0, 0.05) is 47.5 Å². The third kappa shape index (κ3) is 3.02. The average molecular weight is 405 g/mol. The lowest BCUT2D eigenvalue weighted by Crippen LogP contribution is -2.68. The van der Waals surface area contributed by atoms with Crippen LogP contribution in [0.1, 0.15) is 74.5 Å². The first kappa shape index (κ1) is 19.6. The van der Waals surface area contributed by atoms with Gasteiger partial charge in [-0.25, -0.2) is 4.98 Å². The molecule has 0 aliphatic heterocycles. The van der Waals surface area contributed by atoms with Crippen molar-refractivity contribution in [3.63, 3.8) is 0 Å². The Morgan fingerprint density at radius 3 is 2.70 bits per heavy atom. The summed E-state index contributed by atoms with van der Waals surface area (Å²) < 4.78 is 3.68. The van der Waals surface area contributed by atoms with Crippen molar-refractivity contribution in [1.82, 2.24) is 19.4 Å². The van der Waals surface area contributed by atoms with Crippen LogP contribution >= 0.6 is 0 Å². The minimum absolute atomic E-state index is 0.0132. The van der Waals surface area contributed by atoms with Crippen molar-refractivity contribution in [2.45, 2.75) is 76.3 Å². The smallest absolute Gasteiger partial charge is 0.280 e. The number of fused-ring (bicyclic) bond motifs is 3. The Balaban J connectivity index is 1.45. The van der Waals surface area contributed by atoms with Crippen LogP contribution < -0.4 is 5.32 Å². The van der Waals surface area contributed by atoms with Crippen LogP contribution in [0, 0.1) is 6.92 Å². The van der Waals surface area contributed by atoms with Crippen molar-refractivity contribution in [2.24, 2.45) is 7.05 Å². The van der Waals surface area contributed by atoms with Gasteiger partial charge in [-0.15, -0.1) is 0 Å². The van der Waals surface area contributed by atoms with Gasteiger partial charge < -0.3 is 9.88 Å². The molecule has 0 unspecified atom stereocenters. The quantitative estimate of drug-likeness (QED) is 0.688. The molecule has 0 amide bonds.